The first-order chi connectivity index (χ1) is 12.4. The minimum Gasteiger partial charge on any atom is -0.317 e. The Morgan fingerprint density at radius 3 is 2.35 bits per heavy atom. The molecule has 2 aromatic rings. The Bertz CT molecular complexity index is 829. The highest BCUT2D eigenvalue weighted by atomic mass is 16.2. The number of nitrogens with zero attached hydrogens (tertiary/aromatic N) is 4. The molecule has 0 radical (unpaired) electrons. The Morgan fingerprint density at radius 1 is 1.04 bits per heavy atom. The van der Waals surface area contributed by atoms with Gasteiger partial charge in [-0.1, -0.05) is 19.3 Å². The van der Waals surface area contributed by atoms with Crippen LogP contribution < -0.4 is 10.6 Å². The maximum absolute atomic E-state index is 12.5. The van der Waals surface area contributed by atoms with Crippen molar-refractivity contribution in [3.05, 3.63) is 23.1 Å². The molecule has 8 nitrogen and oxygen atoms in total. The van der Waals surface area contributed by atoms with Crippen LogP contribution in [0.2, 0.25) is 0 Å². The molecule has 2 heterocycles. The molecular weight excluding hydrogens is 332 g/mol. The molecule has 0 saturated heterocycles. The predicted molar refractivity (Wildman–Crippen MR) is 99.0 cm³/mol. The zero-order valence-corrected chi connectivity index (χ0v) is 15.8. The van der Waals surface area contributed by atoms with E-state index in [1.807, 2.05) is 20.9 Å². The lowest BCUT2D eigenvalue weighted by Crippen LogP contribution is -2.25. The van der Waals surface area contributed by atoms with Crippen molar-refractivity contribution in [3.63, 3.8) is 0 Å². The summed E-state index contributed by atoms with van der Waals surface area (Å²) < 4.78 is 3.25. The summed E-state index contributed by atoms with van der Waals surface area (Å²) >= 11 is 0. The summed E-state index contributed by atoms with van der Waals surface area (Å²) in [6, 6.07) is 1.61. The van der Waals surface area contributed by atoms with E-state index in [4.69, 9.17) is 0 Å². The molecule has 1 fully saturated rings. The van der Waals surface area contributed by atoms with Crippen molar-refractivity contribution in [2.45, 2.75) is 46.0 Å². The topological polar surface area (TPSA) is 93.8 Å². The Kier molecular flexibility index (Phi) is 5.11. The third-order valence-electron chi connectivity index (χ3n) is 5.09. The van der Waals surface area contributed by atoms with Gasteiger partial charge in [0.2, 0.25) is 5.91 Å². The van der Waals surface area contributed by atoms with Gasteiger partial charge >= 0.3 is 0 Å². The van der Waals surface area contributed by atoms with Gasteiger partial charge in [0.15, 0.2) is 5.69 Å². The molecule has 140 valence electrons. The Hall–Kier alpha value is -2.64. The second kappa shape index (κ2) is 7.31. The number of nitrogens with one attached hydrogen (secondary N) is 2. The lowest BCUT2D eigenvalue weighted by atomic mass is 9.89. The molecule has 0 aliphatic heterocycles. The Morgan fingerprint density at radius 2 is 1.73 bits per heavy atom. The van der Waals surface area contributed by atoms with Crippen molar-refractivity contribution < 1.29 is 9.59 Å². The van der Waals surface area contributed by atoms with Gasteiger partial charge in [0.05, 0.1) is 17.1 Å². The van der Waals surface area contributed by atoms with Gasteiger partial charge in [-0.05, 0) is 26.7 Å². The molecule has 8 heteroatoms. The highest BCUT2D eigenvalue weighted by Crippen LogP contribution is 2.25. The third-order valence-corrected chi connectivity index (χ3v) is 5.09. The largest absolute Gasteiger partial charge is 0.317 e. The molecule has 0 atom stereocenters. The smallest absolute Gasteiger partial charge is 0.276 e. The molecule has 26 heavy (non-hydrogen) atoms. The highest BCUT2D eigenvalue weighted by molar-refractivity contribution is 6.04. The number of anilines is 2. The van der Waals surface area contributed by atoms with E-state index in [0.717, 1.165) is 37.1 Å². The van der Waals surface area contributed by atoms with Crippen LogP contribution in [0.1, 0.15) is 54.0 Å². The standard InChI is InChI=1S/C18H26N6O2/c1-11-16(12(2)23(3)21-11)20-18(26)14-10-15(24(4)22-14)19-17(25)13-8-6-5-7-9-13/h10,13H,5-9H2,1-4H3,(H,19,25)(H,20,26). The minimum atomic E-state index is -0.321. The lowest BCUT2D eigenvalue weighted by molar-refractivity contribution is -0.120. The maximum Gasteiger partial charge on any atom is 0.276 e. The summed E-state index contributed by atoms with van der Waals surface area (Å²) in [5, 5.41) is 14.3. The fraction of sp³-hybridized carbons (Fsp3) is 0.556. The van der Waals surface area contributed by atoms with Gasteiger partial charge in [0.1, 0.15) is 5.82 Å². The number of aryl methyl sites for hydroxylation is 3. The monoisotopic (exact) mass is 358 g/mol. The molecule has 0 unspecified atom stereocenters. The number of hydrogen-bond acceptors (Lipinski definition) is 4. The van der Waals surface area contributed by atoms with Crippen molar-refractivity contribution in [3.8, 4) is 0 Å². The van der Waals surface area contributed by atoms with Crippen molar-refractivity contribution >= 4 is 23.3 Å². The average molecular weight is 358 g/mol. The molecular formula is C18H26N6O2. The van der Waals surface area contributed by atoms with Crippen LogP contribution in [0.15, 0.2) is 6.07 Å². The van der Waals surface area contributed by atoms with Crippen LogP contribution >= 0.6 is 0 Å². The van der Waals surface area contributed by atoms with E-state index < -0.39 is 0 Å². The maximum atomic E-state index is 12.5. The zero-order chi connectivity index (χ0) is 18.8. The number of carbonyl (C=O) groups excluding carboxylic acids is 2. The van der Waals surface area contributed by atoms with Crippen LogP contribution in [-0.2, 0) is 18.9 Å². The number of carbonyl (C=O) groups is 2. The summed E-state index contributed by atoms with van der Waals surface area (Å²) in [6.07, 6.45) is 5.25. The molecule has 1 aliphatic rings. The summed E-state index contributed by atoms with van der Waals surface area (Å²) in [6.45, 7) is 3.74. The number of hydrogen-bond donors (Lipinski definition) is 2. The molecule has 0 bridgehead atoms. The number of aromatic nitrogens is 4. The van der Waals surface area contributed by atoms with Crippen LogP contribution in [0.4, 0.5) is 11.5 Å². The van der Waals surface area contributed by atoms with E-state index in [-0.39, 0.29) is 23.4 Å². The molecule has 2 N–H and O–H groups in total. The highest BCUT2D eigenvalue weighted by Gasteiger charge is 2.23. The van der Waals surface area contributed by atoms with E-state index in [0.29, 0.717) is 11.5 Å². The van der Waals surface area contributed by atoms with Crippen molar-refractivity contribution in [1.82, 2.24) is 19.6 Å². The summed E-state index contributed by atoms with van der Waals surface area (Å²) in [5.74, 6) is 0.276. The first-order valence-corrected chi connectivity index (χ1v) is 9.03. The lowest BCUT2D eigenvalue weighted by Gasteiger charge is -2.20. The van der Waals surface area contributed by atoms with Gasteiger partial charge in [0, 0.05) is 26.1 Å². The van der Waals surface area contributed by atoms with Crippen LogP contribution in [0.3, 0.4) is 0 Å². The number of amides is 2. The summed E-state index contributed by atoms with van der Waals surface area (Å²) in [4.78, 5) is 25.0. The van der Waals surface area contributed by atoms with Gasteiger partial charge in [-0.25, -0.2) is 0 Å². The molecule has 2 aromatic heterocycles. The quantitative estimate of drug-likeness (QED) is 0.878. The van der Waals surface area contributed by atoms with E-state index in [1.54, 1.807) is 17.8 Å². The van der Waals surface area contributed by atoms with Crippen LogP contribution in [-0.4, -0.2) is 31.4 Å². The molecule has 1 saturated carbocycles. The van der Waals surface area contributed by atoms with E-state index >= 15 is 0 Å². The van der Waals surface area contributed by atoms with E-state index in [9.17, 15) is 9.59 Å². The fourth-order valence-corrected chi connectivity index (χ4v) is 3.42. The number of rotatable bonds is 4. The Labute approximate surface area is 152 Å². The van der Waals surface area contributed by atoms with Crippen LogP contribution in [0, 0.1) is 19.8 Å². The van der Waals surface area contributed by atoms with Gasteiger partial charge in [0.25, 0.3) is 5.91 Å². The van der Waals surface area contributed by atoms with Crippen LogP contribution in [0.5, 0.6) is 0 Å². The molecule has 2 amide bonds. The van der Waals surface area contributed by atoms with Crippen molar-refractivity contribution in [1.29, 1.82) is 0 Å². The van der Waals surface area contributed by atoms with Crippen molar-refractivity contribution in [2.24, 2.45) is 20.0 Å². The van der Waals surface area contributed by atoms with Gasteiger partial charge in [-0.3, -0.25) is 19.0 Å². The second-order valence-corrected chi connectivity index (χ2v) is 6.99. The molecule has 1 aliphatic carbocycles. The zero-order valence-electron chi connectivity index (χ0n) is 15.8. The summed E-state index contributed by atoms with van der Waals surface area (Å²) in [7, 11) is 3.55. The average Bonchev–Trinajstić information content (AvgIpc) is 3.10. The fourth-order valence-electron chi connectivity index (χ4n) is 3.42. The minimum absolute atomic E-state index is 0.0126. The summed E-state index contributed by atoms with van der Waals surface area (Å²) in [5.41, 5.74) is 2.57. The first-order valence-electron chi connectivity index (χ1n) is 9.03. The van der Waals surface area contributed by atoms with E-state index in [2.05, 4.69) is 20.8 Å². The molecule has 0 spiro atoms. The van der Waals surface area contributed by atoms with Crippen molar-refractivity contribution in [2.75, 3.05) is 10.6 Å². The predicted octanol–water partition coefficient (Wildman–Crippen LogP) is 2.54. The Balaban J connectivity index is 1.70. The van der Waals surface area contributed by atoms with Gasteiger partial charge < -0.3 is 10.6 Å². The van der Waals surface area contributed by atoms with Gasteiger partial charge in [-0.15, -0.1) is 0 Å². The molecule has 3 rings (SSSR count). The SMILES string of the molecule is Cc1nn(C)c(C)c1NC(=O)c1cc(NC(=O)C2CCCCC2)n(C)n1. The normalized spacial score (nSPS) is 15.1. The second-order valence-electron chi connectivity index (χ2n) is 6.99. The molecule has 0 aromatic carbocycles. The first kappa shape index (κ1) is 18.2. The van der Waals surface area contributed by atoms with Gasteiger partial charge in [-0.2, -0.15) is 10.2 Å². The third kappa shape index (κ3) is 3.63. The van der Waals surface area contributed by atoms with E-state index in [1.165, 1.54) is 11.1 Å². The van der Waals surface area contributed by atoms with Crippen LogP contribution in [0.25, 0.3) is 0 Å².